The fourth-order valence-electron chi connectivity index (χ4n) is 1.28. The molecule has 0 bridgehead atoms. The molecule has 0 spiro atoms. The van der Waals surface area contributed by atoms with Gasteiger partial charge in [-0.15, -0.1) is 0 Å². The number of nitrogens with two attached hydrogens (primary N) is 1. The highest BCUT2D eigenvalue weighted by molar-refractivity contribution is 5.76. The number of benzene rings is 1. The van der Waals surface area contributed by atoms with Crippen molar-refractivity contribution < 1.29 is 14.0 Å². The van der Waals surface area contributed by atoms with Gasteiger partial charge in [-0.2, -0.15) is 4.98 Å². The van der Waals surface area contributed by atoms with Crippen LogP contribution in [0, 0.1) is 0 Å². The number of oxazole rings is 1. The van der Waals surface area contributed by atoms with Crippen LogP contribution in [0.2, 0.25) is 0 Å². The molecule has 0 aliphatic rings. The molecule has 1 aromatic carbocycles. The topological polar surface area (TPSA) is 70.5 Å². The maximum absolute atomic E-state index is 5.27. The smallest absolute Gasteiger partial charge is 0.394 e. The van der Waals surface area contributed by atoms with Crippen LogP contribution in [0.15, 0.2) is 22.6 Å². The van der Waals surface area contributed by atoms with Gasteiger partial charge in [-0.1, -0.05) is 12.1 Å². The van der Waals surface area contributed by atoms with E-state index in [0.29, 0.717) is 12.2 Å². The second kappa shape index (κ2) is 3.65. The molecular formula is C9H10N2O3. The fourth-order valence-corrected chi connectivity index (χ4v) is 1.28. The lowest BCUT2D eigenvalue weighted by Crippen LogP contribution is -1.99. The Bertz CT molecular complexity index is 439. The molecule has 74 valence electrons. The molecule has 0 aliphatic heterocycles. The van der Waals surface area contributed by atoms with E-state index in [9.17, 15) is 0 Å². The average Bonchev–Trinajstić information content (AvgIpc) is 2.62. The van der Waals surface area contributed by atoms with E-state index >= 15 is 0 Å². The summed E-state index contributed by atoms with van der Waals surface area (Å²) in [6, 6.07) is 5.53. The molecule has 14 heavy (non-hydrogen) atoms. The molecule has 1 aromatic heterocycles. The van der Waals surface area contributed by atoms with Crippen LogP contribution in [-0.4, -0.2) is 12.1 Å². The molecule has 5 nitrogen and oxygen atoms in total. The van der Waals surface area contributed by atoms with Gasteiger partial charge in [0.25, 0.3) is 0 Å². The molecule has 0 saturated carbocycles. The van der Waals surface area contributed by atoms with Crippen LogP contribution in [0.1, 0.15) is 5.56 Å². The molecule has 1 heterocycles. The van der Waals surface area contributed by atoms with Gasteiger partial charge in [-0.25, -0.2) is 5.90 Å². The first kappa shape index (κ1) is 8.98. The van der Waals surface area contributed by atoms with E-state index in [1.807, 2.05) is 18.2 Å². The molecule has 0 saturated heterocycles. The predicted octanol–water partition coefficient (Wildman–Crippen LogP) is 1.23. The lowest BCUT2D eigenvalue weighted by Gasteiger charge is -1.97. The minimum Gasteiger partial charge on any atom is -0.453 e. The molecule has 5 heteroatoms. The van der Waals surface area contributed by atoms with Crippen LogP contribution in [0.25, 0.3) is 11.1 Å². The van der Waals surface area contributed by atoms with Gasteiger partial charge in [0, 0.05) is 5.56 Å². The average molecular weight is 194 g/mol. The number of fused-ring (bicyclic) bond motifs is 1. The molecule has 0 radical (unpaired) electrons. The van der Waals surface area contributed by atoms with Crippen molar-refractivity contribution in [2.24, 2.45) is 5.90 Å². The summed E-state index contributed by atoms with van der Waals surface area (Å²) in [4.78, 5) is 8.68. The number of para-hydroxylation sites is 1. The van der Waals surface area contributed by atoms with Crippen LogP contribution >= 0.6 is 0 Å². The number of methoxy groups -OCH3 is 1. The summed E-state index contributed by atoms with van der Waals surface area (Å²) in [5, 5.41) is 0. The van der Waals surface area contributed by atoms with Crippen molar-refractivity contribution in [3.05, 3.63) is 23.8 Å². The molecule has 2 N–H and O–H groups in total. The lowest BCUT2D eigenvalue weighted by atomic mass is 10.2. The first-order valence-electron chi connectivity index (χ1n) is 4.09. The quantitative estimate of drug-likeness (QED) is 0.744. The Labute approximate surface area is 80.4 Å². The van der Waals surface area contributed by atoms with Crippen molar-refractivity contribution in [3.63, 3.8) is 0 Å². The number of hydrogen-bond donors (Lipinski definition) is 1. The summed E-state index contributed by atoms with van der Waals surface area (Å²) in [6.07, 6.45) is 0.240. The van der Waals surface area contributed by atoms with Crippen molar-refractivity contribution in [2.45, 2.75) is 6.61 Å². The van der Waals surface area contributed by atoms with Gasteiger partial charge in [-0.05, 0) is 6.07 Å². The highest BCUT2D eigenvalue weighted by Gasteiger charge is 2.09. The van der Waals surface area contributed by atoms with Crippen molar-refractivity contribution in [1.82, 2.24) is 4.98 Å². The van der Waals surface area contributed by atoms with E-state index in [1.54, 1.807) is 0 Å². The zero-order chi connectivity index (χ0) is 9.97. The molecule has 0 atom stereocenters. The van der Waals surface area contributed by atoms with Gasteiger partial charge in [0.1, 0.15) is 5.52 Å². The van der Waals surface area contributed by atoms with E-state index in [2.05, 4.69) is 9.82 Å². The maximum atomic E-state index is 5.27. The van der Waals surface area contributed by atoms with Crippen molar-refractivity contribution in [2.75, 3.05) is 7.11 Å². The minimum atomic E-state index is 0.240. The predicted molar refractivity (Wildman–Crippen MR) is 49.5 cm³/mol. The van der Waals surface area contributed by atoms with Gasteiger partial charge in [-0.3, -0.25) is 4.84 Å². The zero-order valence-electron chi connectivity index (χ0n) is 7.69. The molecule has 0 unspecified atom stereocenters. The first-order chi connectivity index (χ1) is 6.85. The molecule has 0 aliphatic carbocycles. The van der Waals surface area contributed by atoms with Crippen LogP contribution in [0.3, 0.4) is 0 Å². The van der Waals surface area contributed by atoms with Gasteiger partial charge in [0.05, 0.1) is 13.7 Å². The first-order valence-corrected chi connectivity index (χ1v) is 4.09. The van der Waals surface area contributed by atoms with E-state index < -0.39 is 0 Å². The molecule has 2 rings (SSSR count). The number of hydrogen-bond acceptors (Lipinski definition) is 5. The van der Waals surface area contributed by atoms with E-state index in [0.717, 1.165) is 11.1 Å². The third kappa shape index (κ3) is 1.43. The van der Waals surface area contributed by atoms with E-state index in [1.165, 1.54) is 7.11 Å². The summed E-state index contributed by atoms with van der Waals surface area (Å²) < 4.78 is 10.2. The van der Waals surface area contributed by atoms with Crippen LogP contribution in [0.5, 0.6) is 6.08 Å². The normalized spacial score (nSPS) is 10.7. The molecule has 0 amide bonds. The number of ether oxygens (including phenoxy) is 1. The molecule has 0 fully saturated rings. The number of rotatable bonds is 3. The summed E-state index contributed by atoms with van der Waals surface area (Å²) in [7, 11) is 1.50. The van der Waals surface area contributed by atoms with Gasteiger partial charge < -0.3 is 9.15 Å². The Hall–Kier alpha value is -1.59. The fraction of sp³-hybridized carbons (Fsp3) is 0.222. The monoisotopic (exact) mass is 194 g/mol. The summed E-state index contributed by atoms with van der Waals surface area (Å²) >= 11 is 0. The van der Waals surface area contributed by atoms with E-state index in [-0.39, 0.29) is 6.08 Å². The zero-order valence-corrected chi connectivity index (χ0v) is 7.69. The Morgan fingerprint density at radius 1 is 1.50 bits per heavy atom. The molecule has 2 aromatic rings. The summed E-state index contributed by atoms with van der Waals surface area (Å²) in [5.74, 6) is 5.00. The minimum absolute atomic E-state index is 0.240. The highest BCUT2D eigenvalue weighted by Crippen LogP contribution is 2.23. The standard InChI is InChI=1S/C9H10N2O3/c1-12-9-11-8-6(5-13-10)3-2-4-7(8)14-9/h2-4H,5,10H2,1H3. The lowest BCUT2D eigenvalue weighted by molar-refractivity contribution is 0.125. The van der Waals surface area contributed by atoms with Crippen LogP contribution in [-0.2, 0) is 11.4 Å². The van der Waals surface area contributed by atoms with Crippen molar-refractivity contribution in [3.8, 4) is 6.08 Å². The van der Waals surface area contributed by atoms with Crippen LogP contribution in [0.4, 0.5) is 0 Å². The van der Waals surface area contributed by atoms with E-state index in [4.69, 9.17) is 15.1 Å². The largest absolute Gasteiger partial charge is 0.453 e. The van der Waals surface area contributed by atoms with Crippen LogP contribution < -0.4 is 10.6 Å². The number of aromatic nitrogens is 1. The van der Waals surface area contributed by atoms with Gasteiger partial charge in [0.15, 0.2) is 5.58 Å². The Morgan fingerprint density at radius 3 is 3.07 bits per heavy atom. The Kier molecular flexibility index (Phi) is 2.34. The maximum Gasteiger partial charge on any atom is 0.394 e. The molecular weight excluding hydrogens is 184 g/mol. The van der Waals surface area contributed by atoms with Gasteiger partial charge in [0.2, 0.25) is 0 Å². The highest BCUT2D eigenvalue weighted by atomic mass is 16.6. The summed E-state index contributed by atoms with van der Waals surface area (Å²) in [5.41, 5.74) is 2.25. The summed E-state index contributed by atoms with van der Waals surface area (Å²) in [6.45, 7) is 0.299. The van der Waals surface area contributed by atoms with Crippen molar-refractivity contribution >= 4 is 11.1 Å². The van der Waals surface area contributed by atoms with Crippen molar-refractivity contribution in [1.29, 1.82) is 0 Å². The third-order valence-electron chi connectivity index (χ3n) is 1.90. The third-order valence-corrected chi connectivity index (χ3v) is 1.90. The Balaban J connectivity index is 2.55. The second-order valence-corrected chi connectivity index (χ2v) is 2.76. The van der Waals surface area contributed by atoms with Gasteiger partial charge >= 0.3 is 6.08 Å². The Morgan fingerprint density at radius 2 is 2.36 bits per heavy atom. The second-order valence-electron chi connectivity index (χ2n) is 2.76. The SMILES string of the molecule is COc1nc2c(CON)cccc2o1. The number of nitrogens with zero attached hydrogens (tertiary/aromatic N) is 1.